The predicted octanol–water partition coefficient (Wildman–Crippen LogP) is 1.32. The number of hydrogen-bond acceptors (Lipinski definition) is 5. The molecule has 0 aromatic heterocycles. The molecule has 2 saturated heterocycles. The van der Waals surface area contributed by atoms with Gasteiger partial charge in [0.1, 0.15) is 0 Å². The standard InChI is InChI=1S/C21H34ClN7O.HI/c1-24-21(26-16-6-8-28(9-7-16)15-20(23)30)25-14-17-18(22)4-3-5-19(17)29-12-10-27(2)11-13-29;/h3-5,16H,6-15H2,1-2H3,(H2,23,30)(H2,24,25,26);1H. The summed E-state index contributed by atoms with van der Waals surface area (Å²) >= 11 is 6.57. The fourth-order valence-corrected chi connectivity index (χ4v) is 4.32. The van der Waals surface area contributed by atoms with E-state index in [0.717, 1.165) is 68.7 Å². The van der Waals surface area contributed by atoms with Gasteiger partial charge >= 0.3 is 0 Å². The molecule has 10 heteroatoms. The van der Waals surface area contributed by atoms with Crippen molar-refractivity contribution in [1.29, 1.82) is 0 Å². The highest BCUT2D eigenvalue weighted by atomic mass is 127. The maximum absolute atomic E-state index is 11.1. The number of primary amides is 1. The Morgan fingerprint density at radius 3 is 2.48 bits per heavy atom. The van der Waals surface area contributed by atoms with Crippen LogP contribution in [0, 0.1) is 0 Å². The number of piperidine rings is 1. The van der Waals surface area contributed by atoms with Crippen molar-refractivity contribution < 1.29 is 4.79 Å². The van der Waals surface area contributed by atoms with Gasteiger partial charge in [0.2, 0.25) is 5.91 Å². The van der Waals surface area contributed by atoms with E-state index in [-0.39, 0.29) is 29.9 Å². The number of likely N-dealkylation sites (tertiary alicyclic amines) is 1. The topological polar surface area (TPSA) is 89.2 Å². The van der Waals surface area contributed by atoms with E-state index >= 15 is 0 Å². The molecule has 1 aromatic carbocycles. The fraction of sp³-hybridized carbons (Fsp3) is 0.619. The number of nitrogens with zero attached hydrogens (tertiary/aromatic N) is 4. The van der Waals surface area contributed by atoms with Gasteiger partial charge in [0.25, 0.3) is 0 Å². The van der Waals surface area contributed by atoms with E-state index in [1.807, 2.05) is 12.1 Å². The highest BCUT2D eigenvalue weighted by molar-refractivity contribution is 14.0. The Morgan fingerprint density at radius 1 is 1.19 bits per heavy atom. The van der Waals surface area contributed by atoms with Gasteiger partial charge in [0, 0.05) is 75.2 Å². The molecule has 4 N–H and O–H groups in total. The Balaban J connectivity index is 0.00000341. The normalized spacial score (nSPS) is 19.1. The van der Waals surface area contributed by atoms with Crippen LogP contribution in [0.15, 0.2) is 23.2 Å². The van der Waals surface area contributed by atoms with Gasteiger partial charge in [-0.05, 0) is 32.0 Å². The third kappa shape index (κ3) is 7.65. The van der Waals surface area contributed by atoms with Crippen LogP contribution < -0.4 is 21.3 Å². The number of likely N-dealkylation sites (N-methyl/N-ethyl adjacent to an activating group) is 1. The number of aliphatic imine (C=N–C) groups is 1. The molecule has 0 unspecified atom stereocenters. The van der Waals surface area contributed by atoms with Gasteiger partial charge in [-0.1, -0.05) is 17.7 Å². The summed E-state index contributed by atoms with van der Waals surface area (Å²) in [6.45, 7) is 6.77. The fourth-order valence-electron chi connectivity index (χ4n) is 4.08. The summed E-state index contributed by atoms with van der Waals surface area (Å²) in [5, 5.41) is 7.71. The van der Waals surface area contributed by atoms with Crippen molar-refractivity contribution >= 4 is 53.1 Å². The Bertz CT molecular complexity index is 747. The van der Waals surface area contributed by atoms with Gasteiger partial charge in [-0.25, -0.2) is 0 Å². The van der Waals surface area contributed by atoms with Crippen molar-refractivity contribution in [2.24, 2.45) is 10.7 Å². The van der Waals surface area contributed by atoms with Gasteiger partial charge < -0.3 is 26.2 Å². The Hall–Kier alpha value is -1.30. The maximum Gasteiger partial charge on any atom is 0.231 e. The van der Waals surface area contributed by atoms with E-state index in [0.29, 0.717) is 19.1 Å². The number of amides is 1. The van der Waals surface area contributed by atoms with Crippen LogP contribution in [-0.4, -0.2) is 87.6 Å². The average molecular weight is 564 g/mol. The van der Waals surface area contributed by atoms with E-state index in [1.54, 1.807) is 7.05 Å². The number of anilines is 1. The number of carbonyl (C=O) groups is 1. The number of halogens is 2. The molecule has 0 atom stereocenters. The maximum atomic E-state index is 11.1. The first-order valence-corrected chi connectivity index (χ1v) is 11.0. The molecule has 0 spiro atoms. The summed E-state index contributed by atoms with van der Waals surface area (Å²) < 4.78 is 0. The smallest absolute Gasteiger partial charge is 0.231 e. The molecule has 1 aromatic rings. The van der Waals surface area contributed by atoms with Crippen LogP contribution in [0.5, 0.6) is 0 Å². The quantitative estimate of drug-likeness (QED) is 0.275. The highest BCUT2D eigenvalue weighted by Crippen LogP contribution is 2.28. The van der Waals surface area contributed by atoms with Crippen molar-refractivity contribution in [2.75, 3.05) is 64.8 Å². The summed E-state index contributed by atoms with van der Waals surface area (Å²) in [4.78, 5) is 22.3. The van der Waals surface area contributed by atoms with Gasteiger partial charge in [0.05, 0.1) is 6.54 Å². The van der Waals surface area contributed by atoms with E-state index in [1.165, 1.54) is 5.69 Å². The van der Waals surface area contributed by atoms with Gasteiger partial charge in [0.15, 0.2) is 5.96 Å². The molecule has 2 fully saturated rings. The first-order valence-electron chi connectivity index (χ1n) is 10.6. The molecular weight excluding hydrogens is 529 g/mol. The zero-order chi connectivity index (χ0) is 21.5. The van der Waals surface area contributed by atoms with Crippen LogP contribution in [0.4, 0.5) is 5.69 Å². The van der Waals surface area contributed by atoms with E-state index in [2.05, 4.69) is 43.4 Å². The molecule has 2 heterocycles. The second kappa shape index (κ2) is 12.7. The van der Waals surface area contributed by atoms with Crippen molar-refractivity contribution in [1.82, 2.24) is 20.4 Å². The summed E-state index contributed by atoms with van der Waals surface area (Å²) in [6.07, 6.45) is 1.90. The minimum atomic E-state index is -0.269. The molecule has 0 saturated carbocycles. The molecule has 1 amide bonds. The van der Waals surface area contributed by atoms with Gasteiger partial charge in [-0.2, -0.15) is 0 Å². The largest absolute Gasteiger partial charge is 0.369 e. The van der Waals surface area contributed by atoms with Crippen molar-refractivity contribution in [2.45, 2.75) is 25.4 Å². The number of hydrogen-bond donors (Lipinski definition) is 3. The van der Waals surface area contributed by atoms with Crippen molar-refractivity contribution in [3.8, 4) is 0 Å². The lowest BCUT2D eigenvalue weighted by Gasteiger charge is -2.35. The molecule has 174 valence electrons. The van der Waals surface area contributed by atoms with Crippen LogP contribution in [0.3, 0.4) is 0 Å². The third-order valence-corrected chi connectivity index (χ3v) is 6.26. The van der Waals surface area contributed by atoms with Crippen LogP contribution in [0.2, 0.25) is 5.02 Å². The Morgan fingerprint density at radius 2 is 1.87 bits per heavy atom. The lowest BCUT2D eigenvalue weighted by atomic mass is 10.1. The number of benzene rings is 1. The Kier molecular flexibility index (Phi) is 10.6. The molecule has 0 aliphatic carbocycles. The van der Waals surface area contributed by atoms with E-state index in [9.17, 15) is 4.79 Å². The molecular formula is C21H35ClIN7O. The second-order valence-electron chi connectivity index (χ2n) is 8.11. The third-order valence-electron chi connectivity index (χ3n) is 5.90. The first kappa shape index (κ1) is 26.0. The lowest BCUT2D eigenvalue weighted by Crippen LogP contribution is -2.49. The van der Waals surface area contributed by atoms with Gasteiger partial charge in [-0.3, -0.25) is 14.7 Å². The minimum Gasteiger partial charge on any atom is -0.369 e. The molecule has 8 nitrogen and oxygen atoms in total. The molecule has 2 aliphatic rings. The number of rotatable bonds is 6. The summed E-state index contributed by atoms with van der Waals surface area (Å²) in [5.41, 5.74) is 7.59. The SMILES string of the molecule is CN=C(NCc1c(Cl)cccc1N1CCN(C)CC1)NC1CCN(CC(N)=O)CC1.I. The molecule has 3 rings (SSSR count). The zero-order valence-electron chi connectivity index (χ0n) is 18.4. The lowest BCUT2D eigenvalue weighted by molar-refractivity contribution is -0.119. The summed E-state index contributed by atoms with van der Waals surface area (Å²) in [7, 11) is 3.94. The van der Waals surface area contributed by atoms with Crippen molar-refractivity contribution in [3.05, 3.63) is 28.8 Å². The number of piperazine rings is 1. The first-order chi connectivity index (χ1) is 14.5. The number of nitrogens with two attached hydrogens (primary N) is 1. The molecule has 2 aliphatic heterocycles. The van der Waals surface area contributed by atoms with Crippen molar-refractivity contribution in [3.63, 3.8) is 0 Å². The number of carbonyl (C=O) groups excluding carboxylic acids is 1. The highest BCUT2D eigenvalue weighted by Gasteiger charge is 2.22. The Labute approximate surface area is 207 Å². The van der Waals surface area contributed by atoms with E-state index in [4.69, 9.17) is 17.3 Å². The monoisotopic (exact) mass is 563 g/mol. The van der Waals surface area contributed by atoms with Crippen LogP contribution >= 0.6 is 35.6 Å². The molecule has 0 radical (unpaired) electrons. The minimum absolute atomic E-state index is 0. The van der Waals surface area contributed by atoms with E-state index < -0.39 is 0 Å². The number of guanidine groups is 1. The molecule has 31 heavy (non-hydrogen) atoms. The van der Waals surface area contributed by atoms with Gasteiger partial charge in [-0.15, -0.1) is 24.0 Å². The van der Waals surface area contributed by atoms with Crippen LogP contribution in [-0.2, 0) is 11.3 Å². The molecule has 0 bridgehead atoms. The average Bonchev–Trinajstić information content (AvgIpc) is 2.73. The van der Waals surface area contributed by atoms with Crippen LogP contribution in [0.1, 0.15) is 18.4 Å². The summed E-state index contributed by atoms with van der Waals surface area (Å²) in [5.74, 6) is 0.502. The predicted molar refractivity (Wildman–Crippen MR) is 139 cm³/mol. The zero-order valence-corrected chi connectivity index (χ0v) is 21.5. The van der Waals surface area contributed by atoms with Crippen LogP contribution in [0.25, 0.3) is 0 Å². The number of nitrogens with one attached hydrogen (secondary N) is 2. The summed E-state index contributed by atoms with van der Waals surface area (Å²) in [6, 6.07) is 6.44. The second-order valence-corrected chi connectivity index (χ2v) is 8.52.